The largest absolute Gasteiger partial charge is 0.324 e. The van der Waals surface area contributed by atoms with E-state index in [2.05, 4.69) is 20.6 Å². The van der Waals surface area contributed by atoms with E-state index in [0.29, 0.717) is 46.9 Å². The molecule has 29 heavy (non-hydrogen) atoms. The predicted octanol–water partition coefficient (Wildman–Crippen LogP) is 5.26. The number of halogens is 3. The minimum atomic E-state index is -0.402. The second-order valence-electron chi connectivity index (χ2n) is 6.56. The van der Waals surface area contributed by atoms with Crippen molar-refractivity contribution in [1.82, 2.24) is 14.9 Å². The average molecular weight is 432 g/mol. The van der Waals surface area contributed by atoms with Gasteiger partial charge in [0.2, 0.25) is 5.95 Å². The molecule has 2 N–H and O–H groups in total. The summed E-state index contributed by atoms with van der Waals surface area (Å²) in [5, 5.41) is 6.82. The summed E-state index contributed by atoms with van der Waals surface area (Å²) in [4.78, 5) is 23.0. The van der Waals surface area contributed by atoms with E-state index in [1.165, 1.54) is 12.1 Å². The van der Waals surface area contributed by atoms with Crippen molar-refractivity contribution in [3.63, 3.8) is 0 Å². The summed E-state index contributed by atoms with van der Waals surface area (Å²) in [5.74, 6) is 0.0287. The van der Waals surface area contributed by atoms with Crippen LogP contribution in [0, 0.1) is 5.82 Å². The van der Waals surface area contributed by atoms with Crippen molar-refractivity contribution in [3.8, 4) is 0 Å². The van der Waals surface area contributed by atoms with Crippen LogP contribution in [-0.4, -0.2) is 27.4 Å². The number of amides is 2. The molecule has 0 bridgehead atoms. The first-order valence-electron chi connectivity index (χ1n) is 8.86. The molecule has 4 rings (SSSR count). The first-order chi connectivity index (χ1) is 14.0. The molecule has 2 heterocycles. The monoisotopic (exact) mass is 431 g/mol. The Hall–Kier alpha value is -2.90. The van der Waals surface area contributed by atoms with Gasteiger partial charge in [-0.25, -0.2) is 19.2 Å². The molecule has 0 saturated heterocycles. The Morgan fingerprint density at radius 1 is 1.10 bits per heavy atom. The van der Waals surface area contributed by atoms with Gasteiger partial charge >= 0.3 is 6.03 Å². The number of nitrogens with one attached hydrogen (secondary N) is 2. The quantitative estimate of drug-likeness (QED) is 0.593. The highest BCUT2D eigenvalue weighted by Gasteiger charge is 2.22. The van der Waals surface area contributed by atoms with Crippen molar-refractivity contribution in [2.45, 2.75) is 13.0 Å². The fraction of sp³-hybridized carbons (Fsp3) is 0.150. The Labute approximate surface area is 176 Å². The molecule has 1 aliphatic heterocycles. The van der Waals surface area contributed by atoms with Gasteiger partial charge in [-0.05, 0) is 36.4 Å². The van der Waals surface area contributed by atoms with Gasteiger partial charge in [0.25, 0.3) is 0 Å². The van der Waals surface area contributed by atoms with Gasteiger partial charge in [-0.15, -0.1) is 0 Å². The minimum absolute atomic E-state index is 0.294. The maximum absolute atomic E-state index is 13.3. The third-order valence-electron chi connectivity index (χ3n) is 4.42. The lowest BCUT2D eigenvalue weighted by atomic mass is 10.1. The zero-order chi connectivity index (χ0) is 20.4. The number of rotatable bonds is 3. The van der Waals surface area contributed by atoms with Crippen molar-refractivity contribution in [2.75, 3.05) is 17.2 Å². The third-order valence-corrected chi connectivity index (χ3v) is 4.85. The molecule has 148 valence electrons. The lowest BCUT2D eigenvalue weighted by molar-refractivity contribution is 0.206. The van der Waals surface area contributed by atoms with Gasteiger partial charge in [0, 0.05) is 46.1 Å². The van der Waals surface area contributed by atoms with Gasteiger partial charge in [-0.3, -0.25) is 0 Å². The molecule has 3 aromatic rings. The molecule has 0 fully saturated rings. The van der Waals surface area contributed by atoms with Crippen LogP contribution in [0.3, 0.4) is 0 Å². The van der Waals surface area contributed by atoms with Gasteiger partial charge in [-0.2, -0.15) is 0 Å². The molecule has 0 unspecified atom stereocenters. The number of nitrogens with zero attached hydrogens (tertiary/aromatic N) is 3. The van der Waals surface area contributed by atoms with Crippen LogP contribution in [0.25, 0.3) is 0 Å². The number of hydrogen-bond donors (Lipinski definition) is 2. The van der Waals surface area contributed by atoms with Gasteiger partial charge in [0.05, 0.1) is 12.2 Å². The van der Waals surface area contributed by atoms with Crippen LogP contribution in [0.1, 0.15) is 11.3 Å². The first-order valence-corrected chi connectivity index (χ1v) is 9.61. The molecule has 0 saturated carbocycles. The number of carbonyl (C=O) groups excluding carboxylic acids is 1. The van der Waals surface area contributed by atoms with Crippen LogP contribution in [0.5, 0.6) is 0 Å². The summed E-state index contributed by atoms with van der Waals surface area (Å²) in [7, 11) is 0. The molecule has 9 heteroatoms. The summed E-state index contributed by atoms with van der Waals surface area (Å²) < 4.78 is 13.3. The predicted molar refractivity (Wildman–Crippen MR) is 111 cm³/mol. The SMILES string of the molecule is O=C(Nc1cccc(F)c1)N1CCc2nc(Nc3cc(Cl)cc(Cl)c3)ncc2C1. The lowest BCUT2D eigenvalue weighted by Gasteiger charge is -2.28. The third kappa shape index (κ3) is 4.75. The summed E-state index contributed by atoms with van der Waals surface area (Å²) in [6.45, 7) is 0.868. The fourth-order valence-electron chi connectivity index (χ4n) is 3.07. The second kappa shape index (κ2) is 8.23. The molecular weight excluding hydrogens is 416 g/mol. The van der Waals surface area contributed by atoms with Crippen LogP contribution in [-0.2, 0) is 13.0 Å². The van der Waals surface area contributed by atoms with E-state index in [9.17, 15) is 9.18 Å². The van der Waals surface area contributed by atoms with E-state index in [0.717, 1.165) is 11.3 Å². The van der Waals surface area contributed by atoms with Crippen molar-refractivity contribution < 1.29 is 9.18 Å². The van der Waals surface area contributed by atoms with Crippen LogP contribution >= 0.6 is 23.2 Å². The highest BCUT2D eigenvalue weighted by molar-refractivity contribution is 6.35. The minimum Gasteiger partial charge on any atom is -0.324 e. The Morgan fingerprint density at radius 2 is 1.90 bits per heavy atom. The topological polar surface area (TPSA) is 70.2 Å². The van der Waals surface area contributed by atoms with Gasteiger partial charge in [0.15, 0.2) is 0 Å². The Balaban J connectivity index is 1.44. The first kappa shape index (κ1) is 19.4. The molecule has 2 aromatic carbocycles. The van der Waals surface area contributed by atoms with E-state index >= 15 is 0 Å². The maximum atomic E-state index is 13.3. The number of fused-ring (bicyclic) bond motifs is 1. The Morgan fingerprint density at radius 3 is 2.66 bits per heavy atom. The molecule has 2 amide bonds. The number of urea groups is 1. The summed E-state index contributed by atoms with van der Waals surface area (Å²) in [5.41, 5.74) is 2.83. The van der Waals surface area contributed by atoms with Crippen molar-refractivity contribution in [2.24, 2.45) is 0 Å². The highest BCUT2D eigenvalue weighted by Crippen LogP contribution is 2.25. The van der Waals surface area contributed by atoms with Gasteiger partial charge in [-0.1, -0.05) is 29.3 Å². The van der Waals surface area contributed by atoms with Crippen LogP contribution in [0.2, 0.25) is 10.0 Å². The maximum Gasteiger partial charge on any atom is 0.322 e. The van der Waals surface area contributed by atoms with E-state index < -0.39 is 5.82 Å². The van der Waals surface area contributed by atoms with Crippen molar-refractivity contribution >= 4 is 46.6 Å². The summed E-state index contributed by atoms with van der Waals surface area (Å²) >= 11 is 12.0. The van der Waals surface area contributed by atoms with Gasteiger partial charge < -0.3 is 15.5 Å². The van der Waals surface area contributed by atoms with E-state index in [1.54, 1.807) is 41.4 Å². The summed E-state index contributed by atoms with van der Waals surface area (Å²) in [6, 6.07) is 10.6. The van der Waals surface area contributed by atoms with Crippen molar-refractivity contribution in [3.05, 3.63) is 75.8 Å². The molecule has 1 aromatic heterocycles. The average Bonchev–Trinajstić information content (AvgIpc) is 2.66. The zero-order valence-corrected chi connectivity index (χ0v) is 16.6. The lowest BCUT2D eigenvalue weighted by Crippen LogP contribution is -2.39. The molecule has 1 aliphatic rings. The smallest absolute Gasteiger partial charge is 0.322 e. The number of aromatic nitrogens is 2. The van der Waals surface area contributed by atoms with E-state index in [-0.39, 0.29) is 6.03 Å². The molecule has 0 radical (unpaired) electrons. The Bertz CT molecular complexity index is 1060. The summed E-state index contributed by atoms with van der Waals surface area (Å²) in [6.07, 6.45) is 2.28. The van der Waals surface area contributed by atoms with E-state index in [1.807, 2.05) is 0 Å². The Kier molecular flexibility index (Phi) is 5.51. The number of hydrogen-bond acceptors (Lipinski definition) is 4. The molecule has 6 nitrogen and oxygen atoms in total. The van der Waals surface area contributed by atoms with Crippen molar-refractivity contribution in [1.29, 1.82) is 0 Å². The molecule has 0 aliphatic carbocycles. The molecular formula is C20H16Cl2FN5O. The fourth-order valence-corrected chi connectivity index (χ4v) is 3.60. The van der Waals surface area contributed by atoms with Crippen LogP contribution in [0.4, 0.5) is 26.5 Å². The van der Waals surface area contributed by atoms with E-state index in [4.69, 9.17) is 23.2 Å². The zero-order valence-electron chi connectivity index (χ0n) is 15.1. The number of benzene rings is 2. The highest BCUT2D eigenvalue weighted by atomic mass is 35.5. The molecule has 0 spiro atoms. The van der Waals surface area contributed by atoms with Crippen LogP contribution in [0.15, 0.2) is 48.7 Å². The standard InChI is InChI=1S/C20H16Cl2FN5O/c21-13-6-14(22)8-17(7-13)25-19-24-10-12-11-28(5-4-18(12)27-19)20(29)26-16-3-1-2-15(23)9-16/h1-3,6-10H,4-5,11H2,(H,26,29)(H,24,25,27). The number of anilines is 3. The van der Waals surface area contributed by atoms with Crippen LogP contribution < -0.4 is 10.6 Å². The molecule has 0 atom stereocenters. The normalized spacial score (nSPS) is 13.0. The van der Waals surface area contributed by atoms with Gasteiger partial charge in [0.1, 0.15) is 5.82 Å². The number of carbonyl (C=O) groups is 1. The second-order valence-corrected chi connectivity index (χ2v) is 7.43.